The zero-order chi connectivity index (χ0) is 14.1. The monoisotopic (exact) mass is 292 g/mol. The molecule has 120 valence electrons. The van der Waals surface area contributed by atoms with Crippen LogP contribution in [0.5, 0.6) is 0 Å². The van der Waals surface area contributed by atoms with Crippen molar-refractivity contribution in [3.8, 4) is 0 Å². The lowest BCUT2D eigenvalue weighted by Crippen LogP contribution is -2.61. The van der Waals surface area contributed by atoms with Crippen molar-refractivity contribution in [1.29, 1.82) is 0 Å². The van der Waals surface area contributed by atoms with E-state index in [1.807, 2.05) is 0 Å². The van der Waals surface area contributed by atoms with E-state index < -0.39 is 0 Å². The van der Waals surface area contributed by atoms with Crippen molar-refractivity contribution in [2.24, 2.45) is 0 Å². The van der Waals surface area contributed by atoms with Crippen molar-refractivity contribution in [1.82, 2.24) is 10.2 Å². The molecule has 1 N–H and O–H groups in total. The van der Waals surface area contributed by atoms with Crippen LogP contribution in [0.15, 0.2) is 0 Å². The van der Waals surface area contributed by atoms with Crippen LogP contribution in [0.25, 0.3) is 0 Å². The van der Waals surface area contributed by atoms with Crippen LogP contribution in [0, 0.1) is 0 Å². The van der Waals surface area contributed by atoms with Gasteiger partial charge in [0.25, 0.3) is 0 Å². The van der Waals surface area contributed by atoms with E-state index in [1.165, 1.54) is 83.7 Å². The first kappa shape index (κ1) is 14.5. The van der Waals surface area contributed by atoms with Crippen LogP contribution in [-0.4, -0.2) is 48.3 Å². The summed E-state index contributed by atoms with van der Waals surface area (Å²) in [7, 11) is 0. The van der Waals surface area contributed by atoms with E-state index in [4.69, 9.17) is 4.74 Å². The zero-order valence-electron chi connectivity index (χ0n) is 13.4. The Balaban J connectivity index is 1.44. The first-order valence-corrected chi connectivity index (χ1v) is 9.56. The first-order chi connectivity index (χ1) is 10.4. The molecule has 3 heteroatoms. The maximum atomic E-state index is 6.60. The van der Waals surface area contributed by atoms with Crippen molar-refractivity contribution in [3.05, 3.63) is 0 Å². The van der Waals surface area contributed by atoms with Gasteiger partial charge >= 0.3 is 0 Å². The van der Waals surface area contributed by atoms with Gasteiger partial charge in [0.15, 0.2) is 0 Å². The molecule has 1 heterocycles. The second kappa shape index (κ2) is 6.55. The number of nitrogens with zero attached hydrogens (tertiary/aromatic N) is 1. The summed E-state index contributed by atoms with van der Waals surface area (Å²) in [5, 5.41) is 3.76. The molecule has 1 aliphatic heterocycles. The lowest BCUT2D eigenvalue weighted by atomic mass is 9.88. The van der Waals surface area contributed by atoms with Crippen molar-refractivity contribution in [3.63, 3.8) is 0 Å². The molecule has 0 spiro atoms. The van der Waals surface area contributed by atoms with Gasteiger partial charge < -0.3 is 10.1 Å². The predicted molar refractivity (Wildman–Crippen MR) is 85.5 cm³/mol. The third-order valence-corrected chi connectivity index (χ3v) is 6.45. The Morgan fingerprint density at radius 2 is 1.52 bits per heavy atom. The second-order valence-electron chi connectivity index (χ2n) is 7.73. The average Bonchev–Trinajstić information content (AvgIpc) is 3.18. The van der Waals surface area contributed by atoms with Crippen molar-refractivity contribution < 1.29 is 4.74 Å². The highest BCUT2D eigenvalue weighted by atomic mass is 16.5. The minimum absolute atomic E-state index is 0.529. The highest BCUT2D eigenvalue weighted by molar-refractivity contribution is 4.99. The van der Waals surface area contributed by atoms with Crippen molar-refractivity contribution in [2.45, 2.75) is 101 Å². The van der Waals surface area contributed by atoms with E-state index in [2.05, 4.69) is 10.2 Å². The van der Waals surface area contributed by atoms with Gasteiger partial charge in [0.05, 0.1) is 12.2 Å². The number of hydrogen-bond acceptors (Lipinski definition) is 3. The molecule has 4 rings (SSSR count). The van der Waals surface area contributed by atoms with Gasteiger partial charge in [-0.15, -0.1) is 0 Å². The van der Waals surface area contributed by atoms with Gasteiger partial charge in [-0.3, -0.25) is 4.90 Å². The molecule has 21 heavy (non-hydrogen) atoms. The minimum atomic E-state index is 0.529. The van der Waals surface area contributed by atoms with Crippen molar-refractivity contribution in [2.75, 3.05) is 13.1 Å². The van der Waals surface area contributed by atoms with E-state index in [-0.39, 0.29) is 0 Å². The molecule has 1 saturated heterocycles. The summed E-state index contributed by atoms with van der Waals surface area (Å²) in [6.45, 7) is 2.43. The molecule has 4 aliphatic rings. The van der Waals surface area contributed by atoms with Gasteiger partial charge in [-0.05, 0) is 38.5 Å². The summed E-state index contributed by atoms with van der Waals surface area (Å²) in [6, 6.07) is 2.29. The molecule has 0 aromatic rings. The lowest BCUT2D eigenvalue weighted by Gasteiger charge is -2.47. The van der Waals surface area contributed by atoms with Crippen LogP contribution in [0.3, 0.4) is 0 Å². The number of fused-ring (bicyclic) bond motifs is 1. The van der Waals surface area contributed by atoms with E-state index in [1.54, 1.807) is 0 Å². The molecule has 0 aromatic carbocycles. The molecule has 4 fully saturated rings. The van der Waals surface area contributed by atoms with E-state index in [0.29, 0.717) is 18.2 Å². The molecule has 0 unspecified atom stereocenters. The summed E-state index contributed by atoms with van der Waals surface area (Å²) in [6.07, 6.45) is 16.2. The minimum Gasteiger partial charge on any atom is -0.373 e. The highest BCUT2D eigenvalue weighted by Gasteiger charge is 2.42. The molecule has 3 saturated carbocycles. The van der Waals surface area contributed by atoms with Crippen LogP contribution < -0.4 is 5.32 Å². The second-order valence-corrected chi connectivity index (χ2v) is 7.73. The molecule has 0 radical (unpaired) electrons. The van der Waals surface area contributed by atoms with Gasteiger partial charge in [-0.2, -0.15) is 0 Å². The Bertz CT molecular complexity index is 342. The fourth-order valence-corrected chi connectivity index (χ4v) is 5.42. The average molecular weight is 292 g/mol. The van der Waals surface area contributed by atoms with Gasteiger partial charge in [0.2, 0.25) is 0 Å². The Kier molecular flexibility index (Phi) is 4.52. The summed E-state index contributed by atoms with van der Waals surface area (Å²) >= 11 is 0. The normalized spacial score (nSPS) is 42.3. The number of hydrogen-bond donors (Lipinski definition) is 1. The molecule has 3 aliphatic carbocycles. The van der Waals surface area contributed by atoms with Gasteiger partial charge in [0, 0.05) is 31.2 Å². The Labute approximate surface area is 129 Å². The lowest BCUT2D eigenvalue weighted by molar-refractivity contribution is -0.0875. The zero-order valence-corrected chi connectivity index (χ0v) is 13.4. The topological polar surface area (TPSA) is 24.5 Å². The summed E-state index contributed by atoms with van der Waals surface area (Å²) in [5.74, 6) is 0. The fourth-order valence-electron chi connectivity index (χ4n) is 5.42. The van der Waals surface area contributed by atoms with Gasteiger partial charge in [-0.25, -0.2) is 0 Å². The fraction of sp³-hybridized carbons (Fsp3) is 1.00. The molecule has 0 amide bonds. The molecular weight excluding hydrogens is 260 g/mol. The number of rotatable bonds is 3. The number of ether oxygens (including phenoxy) is 1. The standard InChI is InChI=1S/C18H32N2O/c1-2-7-14(6-1)21-18-11-4-3-9-17(18)20-13-12-19-15-8-5-10-16(15)20/h14-19H,1-13H2/t15-,16+,17+,18+/m1/s1. The SMILES string of the molecule is C1CCC(O[C@H]2CCCC[C@@H]2N2CCN[C@@H]3CCC[C@@H]32)C1. The van der Waals surface area contributed by atoms with Crippen LogP contribution in [0.4, 0.5) is 0 Å². The van der Waals surface area contributed by atoms with Gasteiger partial charge in [0.1, 0.15) is 0 Å². The Morgan fingerprint density at radius 1 is 0.762 bits per heavy atom. The van der Waals surface area contributed by atoms with Gasteiger partial charge in [-0.1, -0.05) is 32.1 Å². The first-order valence-electron chi connectivity index (χ1n) is 9.56. The molecule has 0 aromatic heterocycles. The Morgan fingerprint density at radius 3 is 2.43 bits per heavy atom. The Hall–Kier alpha value is -0.120. The summed E-state index contributed by atoms with van der Waals surface area (Å²) in [5.41, 5.74) is 0. The van der Waals surface area contributed by atoms with Crippen LogP contribution in [0.2, 0.25) is 0 Å². The van der Waals surface area contributed by atoms with E-state index in [9.17, 15) is 0 Å². The van der Waals surface area contributed by atoms with Crippen molar-refractivity contribution >= 4 is 0 Å². The summed E-state index contributed by atoms with van der Waals surface area (Å²) in [4.78, 5) is 2.87. The third-order valence-electron chi connectivity index (χ3n) is 6.45. The van der Waals surface area contributed by atoms with E-state index >= 15 is 0 Å². The maximum Gasteiger partial charge on any atom is 0.0734 e. The van der Waals surface area contributed by atoms with Crippen LogP contribution in [0.1, 0.15) is 70.6 Å². The maximum absolute atomic E-state index is 6.60. The number of piperazine rings is 1. The van der Waals surface area contributed by atoms with Crippen LogP contribution in [-0.2, 0) is 4.74 Å². The van der Waals surface area contributed by atoms with Crippen LogP contribution >= 0.6 is 0 Å². The molecule has 3 nitrogen and oxygen atoms in total. The highest BCUT2D eigenvalue weighted by Crippen LogP contribution is 2.35. The molecule has 4 atom stereocenters. The molecular formula is C18H32N2O. The number of nitrogens with one attached hydrogen (secondary N) is 1. The third kappa shape index (κ3) is 3.02. The smallest absolute Gasteiger partial charge is 0.0734 e. The van der Waals surface area contributed by atoms with E-state index in [0.717, 1.165) is 12.1 Å². The summed E-state index contributed by atoms with van der Waals surface area (Å²) < 4.78 is 6.60. The quantitative estimate of drug-likeness (QED) is 0.865. The molecule has 0 bridgehead atoms. The predicted octanol–water partition coefficient (Wildman–Crippen LogP) is 3.08. The largest absolute Gasteiger partial charge is 0.373 e.